The van der Waals surface area contributed by atoms with Gasteiger partial charge in [0.2, 0.25) is 5.12 Å². The van der Waals surface area contributed by atoms with Crippen LogP contribution in [0.15, 0.2) is 52.7 Å². The monoisotopic (exact) mass is 640 g/mol. The molecule has 44 heavy (non-hydrogen) atoms. The number of esters is 1. The van der Waals surface area contributed by atoms with Crippen LogP contribution in [-0.4, -0.2) is 48.9 Å². The molecule has 1 aromatic carbocycles. The summed E-state index contributed by atoms with van der Waals surface area (Å²) >= 11 is 2.14. The molecule has 3 N–H and O–H groups in total. The predicted octanol–water partition coefficient (Wildman–Crippen LogP) is 6.71. The van der Waals surface area contributed by atoms with Gasteiger partial charge in [0.05, 0.1) is 23.2 Å². The lowest BCUT2D eigenvalue weighted by atomic mass is 9.52. The molecule has 0 bridgehead atoms. The van der Waals surface area contributed by atoms with E-state index in [1.807, 2.05) is 13.8 Å². The van der Waals surface area contributed by atoms with Crippen LogP contribution in [0.3, 0.4) is 0 Å². The molecule has 8 nitrogen and oxygen atoms in total. The van der Waals surface area contributed by atoms with Crippen molar-refractivity contribution in [1.82, 2.24) is 9.59 Å². The van der Waals surface area contributed by atoms with Gasteiger partial charge in [-0.25, -0.2) is 14.2 Å². The Hall–Kier alpha value is -2.89. The molecule has 3 aliphatic rings. The second-order valence-corrected chi connectivity index (χ2v) is 14.7. The summed E-state index contributed by atoms with van der Waals surface area (Å²) in [4.78, 5) is 32.4. The van der Waals surface area contributed by atoms with Gasteiger partial charge in [0.25, 0.3) is 0 Å². The number of aliphatic imine (C=N–C) groups is 1. The highest BCUT2D eigenvalue weighted by Crippen LogP contribution is 2.64. The molecule has 1 aromatic heterocycles. The fourth-order valence-electron chi connectivity index (χ4n) is 7.96. The van der Waals surface area contributed by atoms with Crippen molar-refractivity contribution in [3.63, 3.8) is 0 Å². The largest absolute Gasteiger partial charge is 0.445 e. The molecule has 5 rings (SSSR count). The van der Waals surface area contributed by atoms with Crippen molar-refractivity contribution in [3.8, 4) is 0 Å². The van der Waals surface area contributed by atoms with Crippen molar-refractivity contribution in [2.24, 2.45) is 33.4 Å². The molecule has 0 saturated heterocycles. The van der Waals surface area contributed by atoms with Gasteiger partial charge in [-0.3, -0.25) is 4.79 Å². The lowest BCUT2D eigenvalue weighted by Gasteiger charge is -2.54. The van der Waals surface area contributed by atoms with Crippen LogP contribution in [0.25, 0.3) is 0 Å². The quantitative estimate of drug-likeness (QED) is 0.320. The van der Waals surface area contributed by atoms with E-state index >= 15 is 0 Å². The summed E-state index contributed by atoms with van der Waals surface area (Å²) in [7, 11) is 0. The second kappa shape index (κ2) is 12.5. The molecular weight excluding hydrogens is 600 g/mol. The van der Waals surface area contributed by atoms with Crippen molar-refractivity contribution in [3.05, 3.63) is 64.1 Å². The normalized spacial score (nSPS) is 33.7. The number of thioether (sulfide) groups is 1. The van der Waals surface area contributed by atoms with Gasteiger partial charge in [0.15, 0.2) is 10.5 Å². The van der Waals surface area contributed by atoms with E-state index in [0.717, 1.165) is 34.8 Å². The van der Waals surface area contributed by atoms with E-state index in [1.54, 1.807) is 25.3 Å². The number of hydrogen-bond donors (Lipinski definition) is 2. The van der Waals surface area contributed by atoms with Crippen LogP contribution in [0.5, 0.6) is 0 Å². The zero-order valence-corrected chi connectivity index (χ0v) is 27.6. The molecule has 0 amide bonds. The van der Waals surface area contributed by atoms with Crippen LogP contribution in [0.4, 0.5) is 10.1 Å². The van der Waals surface area contributed by atoms with Crippen LogP contribution in [0.2, 0.25) is 0 Å². The number of aliphatic hydroxyl groups excluding tert-OH is 1. The van der Waals surface area contributed by atoms with Gasteiger partial charge < -0.3 is 15.6 Å². The third kappa shape index (κ3) is 5.45. The maximum atomic E-state index is 13.9. The number of nitrogens with zero attached hydrogens (tertiary/aromatic N) is 3. The Labute approximate surface area is 266 Å². The summed E-state index contributed by atoms with van der Waals surface area (Å²) < 4.78 is 23.6. The van der Waals surface area contributed by atoms with Crippen molar-refractivity contribution in [2.75, 3.05) is 5.75 Å². The fraction of sp³-hybridized carbons (Fsp3) is 0.545. The number of benzene rings is 1. The molecule has 2 saturated carbocycles. The molecule has 2 fully saturated rings. The van der Waals surface area contributed by atoms with Crippen molar-refractivity contribution < 1.29 is 23.8 Å². The predicted molar refractivity (Wildman–Crippen MR) is 172 cm³/mol. The number of carbonyl (C=O) groups excluding carboxylic acids is 2. The van der Waals surface area contributed by atoms with Crippen LogP contribution < -0.4 is 5.73 Å². The Balaban J connectivity index is 1.48. The molecule has 0 spiro atoms. The SMILES string of the molecule is CCSC(=O)C1(OC(=O)c2snnc2C)CCC2CC(C3(C)CC(=CN)C(=Nc4ccc(F)cc4)C=C3CC)C(O)CC21C. The lowest BCUT2D eigenvalue weighted by Crippen LogP contribution is -2.58. The molecule has 0 aliphatic heterocycles. The number of aryl methyl sites for hydroxylation is 1. The molecule has 2 aromatic rings. The van der Waals surface area contributed by atoms with Gasteiger partial charge in [-0.2, -0.15) is 0 Å². The van der Waals surface area contributed by atoms with Crippen molar-refractivity contribution in [2.45, 2.75) is 84.8 Å². The van der Waals surface area contributed by atoms with Gasteiger partial charge >= 0.3 is 5.97 Å². The molecule has 6 unspecified atom stereocenters. The standard InChI is InChI=1S/C33H41FN4O4S2/c1-6-21-15-26(36-24-10-8-23(34)9-11-24)20(18-35)16-31(21,4)25-14-22-12-13-33(30(41)43-7-2,32(22,5)17-27(25)39)42-29(40)28-19(3)37-38-44-28/h8-11,15,18,22,25,27,39H,6-7,12-14,16-17,35H2,1-5H3. The molecule has 6 atom stereocenters. The van der Waals surface area contributed by atoms with Crippen LogP contribution in [0.1, 0.15) is 81.6 Å². The first kappa shape index (κ1) is 32.5. The van der Waals surface area contributed by atoms with Crippen LogP contribution in [0, 0.1) is 35.4 Å². The van der Waals surface area contributed by atoms with Crippen molar-refractivity contribution in [1.29, 1.82) is 0 Å². The Morgan fingerprint density at radius 2 is 2.00 bits per heavy atom. The summed E-state index contributed by atoms with van der Waals surface area (Å²) in [5.41, 5.74) is 7.54. The molecular formula is C33H41FN4O4S2. The fourth-order valence-corrected chi connectivity index (χ4v) is 9.37. The number of nitrogens with two attached hydrogens (primary N) is 1. The first-order valence-electron chi connectivity index (χ1n) is 15.3. The Morgan fingerprint density at radius 3 is 2.61 bits per heavy atom. The Kier molecular flexibility index (Phi) is 9.22. The maximum absolute atomic E-state index is 13.9. The third-order valence-electron chi connectivity index (χ3n) is 10.4. The van der Waals surface area contributed by atoms with Gasteiger partial charge in [0, 0.05) is 5.41 Å². The summed E-state index contributed by atoms with van der Waals surface area (Å²) in [6.45, 7) is 9.92. The van der Waals surface area contributed by atoms with Crippen molar-refractivity contribution >= 4 is 45.8 Å². The smallest absolute Gasteiger partial charge is 0.352 e. The van der Waals surface area contributed by atoms with Gasteiger partial charge in [-0.15, -0.1) is 5.10 Å². The average Bonchev–Trinajstić information content (AvgIpc) is 3.55. The molecule has 236 valence electrons. The molecule has 0 radical (unpaired) electrons. The Morgan fingerprint density at radius 1 is 1.27 bits per heavy atom. The van der Waals surface area contributed by atoms with Crippen LogP contribution >= 0.6 is 23.3 Å². The summed E-state index contributed by atoms with van der Waals surface area (Å²) in [6, 6.07) is 6.05. The Bertz CT molecular complexity index is 1520. The number of halogens is 1. The summed E-state index contributed by atoms with van der Waals surface area (Å²) in [5, 5.41) is 15.8. The van der Waals surface area contributed by atoms with E-state index in [-0.39, 0.29) is 22.8 Å². The number of allylic oxidation sites excluding steroid dienone is 3. The van der Waals surface area contributed by atoms with Gasteiger partial charge in [0.1, 0.15) is 5.82 Å². The summed E-state index contributed by atoms with van der Waals surface area (Å²) in [5.74, 6) is -0.395. The maximum Gasteiger partial charge on any atom is 0.352 e. The number of hydrogen-bond acceptors (Lipinski definition) is 10. The minimum atomic E-state index is -1.36. The lowest BCUT2D eigenvalue weighted by molar-refractivity contribution is -0.158. The van der Waals surface area contributed by atoms with Gasteiger partial charge in [-0.1, -0.05) is 49.5 Å². The molecule has 1 heterocycles. The second-order valence-electron chi connectivity index (χ2n) is 12.7. The topological polar surface area (TPSA) is 128 Å². The van der Waals surface area contributed by atoms with E-state index in [2.05, 4.69) is 29.5 Å². The first-order chi connectivity index (χ1) is 20.9. The number of ether oxygens (including phenoxy) is 1. The van der Waals surface area contributed by atoms with Crippen LogP contribution in [-0.2, 0) is 9.53 Å². The van der Waals surface area contributed by atoms with E-state index < -0.39 is 28.5 Å². The van der Waals surface area contributed by atoms with E-state index in [0.29, 0.717) is 54.1 Å². The highest BCUT2D eigenvalue weighted by Gasteiger charge is 2.67. The molecule has 3 aliphatic carbocycles. The number of aromatic nitrogens is 2. The van der Waals surface area contributed by atoms with Gasteiger partial charge in [-0.05, 0) is 122 Å². The number of rotatable bonds is 7. The minimum absolute atomic E-state index is 0.0558. The summed E-state index contributed by atoms with van der Waals surface area (Å²) in [6.07, 6.45) is 6.39. The zero-order chi connectivity index (χ0) is 31.9. The number of carbonyl (C=O) groups is 2. The minimum Gasteiger partial charge on any atom is -0.445 e. The molecule has 11 heteroatoms. The highest BCUT2D eigenvalue weighted by atomic mass is 32.2. The first-order valence-corrected chi connectivity index (χ1v) is 17.0. The highest BCUT2D eigenvalue weighted by molar-refractivity contribution is 8.13. The number of aliphatic hydroxyl groups is 1. The zero-order valence-electron chi connectivity index (χ0n) is 25.9. The van der Waals surface area contributed by atoms with E-state index in [9.17, 15) is 19.1 Å². The van der Waals surface area contributed by atoms with E-state index in [4.69, 9.17) is 15.5 Å². The number of fused-ring (bicyclic) bond motifs is 1. The average molecular weight is 641 g/mol. The van der Waals surface area contributed by atoms with E-state index in [1.165, 1.54) is 23.9 Å². The third-order valence-corrected chi connectivity index (χ3v) is 12.1.